The number of benzene rings is 2. The van der Waals surface area contributed by atoms with Crippen LogP contribution in [-0.2, 0) is 12.8 Å². The van der Waals surface area contributed by atoms with Gasteiger partial charge < -0.3 is 14.0 Å². The van der Waals surface area contributed by atoms with Crippen molar-refractivity contribution in [2.45, 2.75) is 17.0 Å². The summed E-state index contributed by atoms with van der Waals surface area (Å²) in [6.45, 7) is 0.397. The van der Waals surface area contributed by atoms with Crippen LogP contribution < -0.4 is 9.47 Å². The van der Waals surface area contributed by atoms with Gasteiger partial charge in [0.25, 0.3) is 0 Å². The Balaban J connectivity index is 1.34. The fraction of sp³-hybridized carbons (Fsp3) is 0.190. The molecule has 0 radical (unpaired) electrons. The maximum absolute atomic E-state index is 6.38. The minimum Gasteiger partial charge on any atom is -0.485 e. The molecular weight excluding hydrogens is 408 g/mol. The first kappa shape index (κ1) is 18.3. The summed E-state index contributed by atoms with van der Waals surface area (Å²) < 4.78 is 13.8. The Morgan fingerprint density at radius 2 is 1.90 bits per heavy atom. The molecule has 5 rings (SSSR count). The second-order valence-electron chi connectivity index (χ2n) is 6.68. The Hall–Kier alpha value is -2.77. The van der Waals surface area contributed by atoms with Gasteiger partial charge in [0.15, 0.2) is 28.6 Å². The minimum atomic E-state index is -0.303. The number of aromatic nitrogens is 4. The van der Waals surface area contributed by atoms with Gasteiger partial charge in [-0.15, -0.1) is 10.2 Å². The Kier molecular flexibility index (Phi) is 4.77. The van der Waals surface area contributed by atoms with Crippen molar-refractivity contribution < 1.29 is 9.47 Å². The number of ether oxygens (including phenoxy) is 2. The second-order valence-corrected chi connectivity index (χ2v) is 7.98. The molecule has 2 aromatic heterocycles. The van der Waals surface area contributed by atoms with E-state index in [0.29, 0.717) is 17.5 Å². The first-order valence-corrected chi connectivity index (χ1v) is 10.5. The largest absolute Gasteiger partial charge is 0.485 e. The van der Waals surface area contributed by atoms with Crippen LogP contribution in [0, 0.1) is 0 Å². The molecule has 0 fully saturated rings. The summed E-state index contributed by atoms with van der Waals surface area (Å²) in [6, 6.07) is 17.6. The van der Waals surface area contributed by atoms with Crippen LogP contribution in [0.5, 0.6) is 11.5 Å². The van der Waals surface area contributed by atoms with Gasteiger partial charge in [0.2, 0.25) is 0 Å². The van der Waals surface area contributed by atoms with Crippen LogP contribution in [0.2, 0.25) is 5.15 Å². The van der Waals surface area contributed by atoms with Gasteiger partial charge in [0.05, 0.1) is 5.52 Å². The van der Waals surface area contributed by atoms with Crippen molar-refractivity contribution in [3.8, 4) is 11.5 Å². The molecule has 3 heterocycles. The van der Waals surface area contributed by atoms with Crippen molar-refractivity contribution in [1.29, 1.82) is 0 Å². The molecule has 0 spiro atoms. The first-order chi connectivity index (χ1) is 14.2. The molecule has 0 aliphatic carbocycles. The number of pyridine rings is 1. The van der Waals surface area contributed by atoms with Gasteiger partial charge >= 0.3 is 0 Å². The lowest BCUT2D eigenvalue weighted by atomic mass is 10.2. The van der Waals surface area contributed by atoms with Crippen molar-refractivity contribution >= 4 is 34.3 Å². The Morgan fingerprint density at radius 3 is 2.79 bits per heavy atom. The number of para-hydroxylation sites is 3. The molecule has 0 N–H and O–H groups in total. The van der Waals surface area contributed by atoms with E-state index in [0.717, 1.165) is 38.9 Å². The first-order valence-electron chi connectivity index (χ1n) is 9.14. The summed E-state index contributed by atoms with van der Waals surface area (Å²) in [5, 5.41) is 11.0. The topological polar surface area (TPSA) is 62.1 Å². The SMILES string of the molecule is Cn1c(SCc2cc3ccccc3nc2Cl)nnc1[C@H]1COc2ccccc2O1. The Bertz CT molecular complexity index is 1200. The maximum Gasteiger partial charge on any atom is 0.192 e. The zero-order valence-corrected chi connectivity index (χ0v) is 17.2. The molecular formula is C21H17ClN4O2S. The summed E-state index contributed by atoms with van der Waals surface area (Å²) in [6.07, 6.45) is -0.303. The van der Waals surface area contributed by atoms with E-state index in [9.17, 15) is 0 Å². The van der Waals surface area contributed by atoms with E-state index in [1.54, 1.807) is 11.8 Å². The number of rotatable bonds is 4. The van der Waals surface area contributed by atoms with Gasteiger partial charge in [-0.25, -0.2) is 4.98 Å². The highest BCUT2D eigenvalue weighted by Gasteiger charge is 2.27. The summed E-state index contributed by atoms with van der Waals surface area (Å²) in [5.74, 6) is 2.84. The number of halogens is 1. The van der Waals surface area contributed by atoms with Gasteiger partial charge in [-0.05, 0) is 24.3 Å². The van der Waals surface area contributed by atoms with E-state index in [2.05, 4.69) is 21.2 Å². The molecule has 6 nitrogen and oxygen atoms in total. The molecule has 2 aromatic carbocycles. The molecule has 29 heavy (non-hydrogen) atoms. The van der Waals surface area contributed by atoms with Crippen LogP contribution in [0.3, 0.4) is 0 Å². The van der Waals surface area contributed by atoms with Gasteiger partial charge in [0, 0.05) is 23.8 Å². The zero-order chi connectivity index (χ0) is 19.8. The van der Waals surface area contributed by atoms with E-state index in [1.165, 1.54) is 0 Å². The molecule has 8 heteroatoms. The molecule has 0 amide bonds. The average molecular weight is 425 g/mol. The summed E-state index contributed by atoms with van der Waals surface area (Å²) in [5.41, 5.74) is 1.85. The van der Waals surface area contributed by atoms with Crippen molar-refractivity contribution in [2.24, 2.45) is 7.05 Å². The van der Waals surface area contributed by atoms with Crippen LogP contribution in [0.1, 0.15) is 17.5 Å². The van der Waals surface area contributed by atoms with Crippen LogP contribution in [-0.4, -0.2) is 26.4 Å². The Labute approximate surface area is 176 Å². The molecule has 0 unspecified atom stereocenters. The molecule has 1 aliphatic rings. The fourth-order valence-corrected chi connectivity index (χ4v) is 4.44. The van der Waals surface area contributed by atoms with E-state index >= 15 is 0 Å². The van der Waals surface area contributed by atoms with Crippen LogP contribution in [0.4, 0.5) is 0 Å². The van der Waals surface area contributed by atoms with E-state index < -0.39 is 0 Å². The van der Waals surface area contributed by atoms with Crippen LogP contribution in [0.15, 0.2) is 59.8 Å². The maximum atomic E-state index is 6.38. The predicted octanol–water partition coefficient (Wildman–Crippen LogP) is 4.82. The van der Waals surface area contributed by atoms with Crippen molar-refractivity contribution in [1.82, 2.24) is 19.7 Å². The van der Waals surface area contributed by atoms with Gasteiger partial charge in [-0.3, -0.25) is 0 Å². The summed E-state index contributed by atoms with van der Waals surface area (Å²) in [4.78, 5) is 4.48. The van der Waals surface area contributed by atoms with Crippen LogP contribution in [0.25, 0.3) is 10.9 Å². The second kappa shape index (κ2) is 7.57. The highest BCUT2D eigenvalue weighted by atomic mass is 35.5. The fourth-order valence-electron chi connectivity index (χ4n) is 3.26. The number of fused-ring (bicyclic) bond motifs is 2. The van der Waals surface area contributed by atoms with Crippen LogP contribution >= 0.6 is 23.4 Å². The average Bonchev–Trinajstić information content (AvgIpc) is 3.12. The third kappa shape index (κ3) is 3.52. The van der Waals surface area contributed by atoms with E-state index in [4.69, 9.17) is 21.1 Å². The minimum absolute atomic E-state index is 0.303. The van der Waals surface area contributed by atoms with Crippen molar-refractivity contribution in [3.63, 3.8) is 0 Å². The zero-order valence-electron chi connectivity index (χ0n) is 15.6. The van der Waals surface area contributed by atoms with E-state index in [1.807, 2.05) is 60.1 Å². The molecule has 146 valence electrons. The lowest BCUT2D eigenvalue weighted by Crippen LogP contribution is -2.24. The molecule has 0 saturated carbocycles. The molecule has 0 saturated heterocycles. The summed E-state index contributed by atoms with van der Waals surface area (Å²) in [7, 11) is 1.93. The third-order valence-corrected chi connectivity index (χ3v) is 6.17. The van der Waals surface area contributed by atoms with Crippen molar-refractivity contribution in [3.05, 3.63) is 71.1 Å². The summed E-state index contributed by atoms with van der Waals surface area (Å²) >= 11 is 7.94. The van der Waals surface area contributed by atoms with E-state index in [-0.39, 0.29) is 6.10 Å². The highest BCUT2D eigenvalue weighted by molar-refractivity contribution is 7.98. The number of nitrogens with zero attached hydrogens (tertiary/aromatic N) is 4. The monoisotopic (exact) mass is 424 g/mol. The standard InChI is InChI=1S/C21H17ClN4O2S/c1-26-20(18-11-27-16-8-4-5-9-17(16)28-18)24-25-21(26)29-12-14-10-13-6-2-3-7-15(13)23-19(14)22/h2-10,18H,11-12H2,1H3/t18-/m1/s1. The number of hydrogen-bond acceptors (Lipinski definition) is 6. The third-order valence-electron chi connectivity index (χ3n) is 4.77. The lowest BCUT2D eigenvalue weighted by molar-refractivity contribution is 0.0825. The van der Waals surface area contributed by atoms with Gasteiger partial charge in [-0.2, -0.15) is 0 Å². The smallest absolute Gasteiger partial charge is 0.192 e. The van der Waals surface area contributed by atoms with Gasteiger partial charge in [0.1, 0.15) is 11.8 Å². The number of thioether (sulfide) groups is 1. The molecule has 1 aliphatic heterocycles. The highest BCUT2D eigenvalue weighted by Crippen LogP contribution is 2.36. The molecule has 0 bridgehead atoms. The van der Waals surface area contributed by atoms with Gasteiger partial charge in [-0.1, -0.05) is 53.7 Å². The predicted molar refractivity (Wildman–Crippen MR) is 113 cm³/mol. The van der Waals surface area contributed by atoms with Crippen molar-refractivity contribution in [2.75, 3.05) is 6.61 Å². The Morgan fingerprint density at radius 1 is 1.10 bits per heavy atom. The quantitative estimate of drug-likeness (QED) is 0.345. The molecule has 1 atom stereocenters. The normalized spacial score (nSPS) is 15.6. The number of hydrogen-bond donors (Lipinski definition) is 0. The lowest BCUT2D eigenvalue weighted by Gasteiger charge is -2.25. The molecule has 4 aromatic rings.